The maximum absolute atomic E-state index is 2.70. The van der Waals surface area contributed by atoms with Crippen LogP contribution in [0, 0.1) is 83.1 Å². The zero-order chi connectivity index (χ0) is 41.1. The fourth-order valence-corrected chi connectivity index (χ4v) is 15.4. The van der Waals surface area contributed by atoms with Crippen LogP contribution < -0.4 is 21.9 Å². The number of allylic oxidation sites excluding steroid dienone is 2. The van der Waals surface area contributed by atoms with Crippen molar-refractivity contribution in [2.24, 2.45) is 0 Å². The van der Waals surface area contributed by atoms with E-state index in [-0.39, 0.29) is 13.4 Å². The van der Waals surface area contributed by atoms with Gasteiger partial charge in [0.1, 0.15) is 0 Å². The lowest BCUT2D eigenvalue weighted by Gasteiger charge is -2.37. The molecule has 0 spiro atoms. The zero-order valence-corrected chi connectivity index (χ0v) is 38.0. The Balaban J connectivity index is 1.74. The van der Waals surface area contributed by atoms with Gasteiger partial charge in [0, 0.05) is 0 Å². The predicted octanol–water partition coefficient (Wildman–Crippen LogP) is 11.1. The smallest absolute Gasteiger partial charge is 0.0890 e. The van der Waals surface area contributed by atoms with Crippen molar-refractivity contribution in [3.05, 3.63) is 197 Å². The van der Waals surface area contributed by atoms with Gasteiger partial charge in [0.15, 0.2) is 0 Å². The standard InChI is InChI=1S/C54H60B2Si/c1-33-25-37(5)49(38(6)26-33)55(50-39(7)27-34(2)28-40(50)8)53-47(45-21-17-15-18-22-45)48(46-23-19-16-20-24-46)54(57(53,13)14)56(51-41(9)29-35(3)30-42(51)10)52-43(11)31-36(4)32-44(52)12/h15-32H,1-14H3. The Morgan fingerprint density at radius 2 is 0.526 bits per heavy atom. The normalized spacial score (nSPS) is 13.8. The van der Waals surface area contributed by atoms with Crippen molar-refractivity contribution in [1.29, 1.82) is 0 Å². The van der Waals surface area contributed by atoms with Crippen molar-refractivity contribution < 1.29 is 0 Å². The average molecular weight is 759 g/mol. The quantitative estimate of drug-likeness (QED) is 0.136. The first-order valence-electron chi connectivity index (χ1n) is 20.9. The molecule has 0 fully saturated rings. The molecule has 0 N–H and O–H groups in total. The molecule has 0 aliphatic carbocycles. The number of rotatable bonds is 8. The first-order valence-corrected chi connectivity index (χ1v) is 23.9. The lowest BCUT2D eigenvalue weighted by molar-refractivity contribution is 1.34. The molecule has 1 aliphatic heterocycles. The Morgan fingerprint density at radius 3 is 0.737 bits per heavy atom. The van der Waals surface area contributed by atoms with Crippen LogP contribution in [0.1, 0.15) is 77.9 Å². The first kappa shape index (κ1) is 40.3. The lowest BCUT2D eigenvalue weighted by atomic mass is 9.35. The first-order chi connectivity index (χ1) is 27.0. The summed E-state index contributed by atoms with van der Waals surface area (Å²) in [4.78, 5) is 0. The van der Waals surface area contributed by atoms with Crippen molar-refractivity contribution in [3.8, 4) is 0 Å². The van der Waals surface area contributed by atoms with Crippen LogP contribution in [0.15, 0.2) is 119 Å². The van der Waals surface area contributed by atoms with E-state index in [1.807, 2.05) is 0 Å². The zero-order valence-electron chi connectivity index (χ0n) is 37.0. The van der Waals surface area contributed by atoms with E-state index < -0.39 is 8.07 Å². The third-order valence-corrected chi connectivity index (χ3v) is 16.7. The van der Waals surface area contributed by atoms with E-state index in [1.165, 1.54) is 111 Å². The Bertz CT molecular complexity index is 2220. The maximum Gasteiger partial charge on any atom is 0.235 e. The van der Waals surface area contributed by atoms with Crippen molar-refractivity contribution in [1.82, 2.24) is 0 Å². The van der Waals surface area contributed by atoms with Crippen LogP contribution in [-0.4, -0.2) is 21.5 Å². The molecule has 0 bridgehead atoms. The summed E-state index contributed by atoms with van der Waals surface area (Å²) in [5.74, 6) is 0. The monoisotopic (exact) mass is 758 g/mol. The van der Waals surface area contributed by atoms with Gasteiger partial charge in [-0.15, -0.1) is 0 Å². The fourth-order valence-electron chi connectivity index (χ4n) is 11.3. The number of hydrogen-bond acceptors (Lipinski definition) is 0. The molecule has 0 radical (unpaired) electrons. The molecule has 7 rings (SSSR count). The Morgan fingerprint density at radius 1 is 0.316 bits per heavy atom. The van der Waals surface area contributed by atoms with E-state index in [1.54, 1.807) is 10.2 Å². The molecule has 1 heterocycles. The van der Waals surface area contributed by atoms with Gasteiger partial charge in [-0.2, -0.15) is 0 Å². The van der Waals surface area contributed by atoms with Crippen LogP contribution in [0.25, 0.3) is 11.1 Å². The van der Waals surface area contributed by atoms with E-state index in [9.17, 15) is 0 Å². The second kappa shape index (κ2) is 15.5. The van der Waals surface area contributed by atoms with E-state index in [2.05, 4.69) is 205 Å². The summed E-state index contributed by atoms with van der Waals surface area (Å²) in [6.45, 7) is 33.5. The number of aryl methyl sites for hydroxylation is 12. The predicted molar refractivity (Wildman–Crippen MR) is 257 cm³/mol. The van der Waals surface area contributed by atoms with Crippen LogP contribution in [0.2, 0.25) is 13.1 Å². The van der Waals surface area contributed by atoms with Crippen molar-refractivity contribution in [2.45, 2.75) is 96.2 Å². The van der Waals surface area contributed by atoms with Crippen LogP contribution in [-0.2, 0) is 0 Å². The molecule has 6 aromatic carbocycles. The second-order valence-electron chi connectivity index (χ2n) is 18.0. The Kier molecular flexibility index (Phi) is 11.0. The summed E-state index contributed by atoms with van der Waals surface area (Å²) in [5, 5.41) is 3.25. The average Bonchev–Trinajstić information content (AvgIpc) is 3.35. The molecule has 286 valence electrons. The van der Waals surface area contributed by atoms with Gasteiger partial charge in [0.25, 0.3) is 0 Å². The molecule has 0 amide bonds. The third kappa shape index (κ3) is 7.18. The van der Waals surface area contributed by atoms with E-state index in [4.69, 9.17) is 0 Å². The van der Waals surface area contributed by atoms with Gasteiger partial charge in [-0.05, 0) is 105 Å². The highest BCUT2D eigenvalue weighted by atomic mass is 28.3. The van der Waals surface area contributed by atoms with Crippen molar-refractivity contribution in [2.75, 3.05) is 0 Å². The topological polar surface area (TPSA) is 0 Å². The molecule has 0 aromatic heterocycles. The molecule has 0 unspecified atom stereocenters. The third-order valence-electron chi connectivity index (χ3n) is 12.9. The van der Waals surface area contributed by atoms with Gasteiger partial charge in [-0.1, -0.05) is 221 Å². The van der Waals surface area contributed by atoms with Gasteiger partial charge < -0.3 is 0 Å². The highest BCUT2D eigenvalue weighted by Crippen LogP contribution is 2.51. The minimum Gasteiger partial charge on any atom is -0.0890 e. The van der Waals surface area contributed by atoms with E-state index >= 15 is 0 Å². The maximum atomic E-state index is 2.70. The van der Waals surface area contributed by atoms with E-state index in [0.29, 0.717) is 0 Å². The van der Waals surface area contributed by atoms with Gasteiger partial charge >= 0.3 is 0 Å². The SMILES string of the molecule is Cc1cc(C)c(B(C2=C(c3ccccc3)C(c3ccccc3)=C(B(c3c(C)cc(C)cc3C)c3c(C)cc(C)cc3C)[Si]2(C)C)c2c(C)cc(C)cc2C)c(C)c1. The summed E-state index contributed by atoms with van der Waals surface area (Å²) in [7, 11) is -2.63. The summed E-state index contributed by atoms with van der Waals surface area (Å²) in [6, 6.07) is 42.3. The number of hydrogen-bond donors (Lipinski definition) is 0. The summed E-state index contributed by atoms with van der Waals surface area (Å²) in [5.41, 5.74) is 27.7. The van der Waals surface area contributed by atoms with E-state index in [0.717, 1.165) is 0 Å². The molecule has 0 saturated carbocycles. The Labute approximate surface area is 346 Å². The second-order valence-corrected chi connectivity index (χ2v) is 22.4. The minimum atomic E-state index is -2.63. The van der Waals surface area contributed by atoms with Crippen LogP contribution in [0.4, 0.5) is 0 Å². The molecule has 0 nitrogen and oxygen atoms in total. The van der Waals surface area contributed by atoms with Crippen molar-refractivity contribution >= 4 is 54.5 Å². The van der Waals surface area contributed by atoms with Gasteiger partial charge in [0.05, 0.1) is 8.07 Å². The molecule has 1 aliphatic rings. The fraction of sp³-hybridized carbons (Fsp3) is 0.259. The number of benzene rings is 6. The minimum absolute atomic E-state index is 0.0837. The molecule has 0 atom stereocenters. The molecule has 57 heavy (non-hydrogen) atoms. The van der Waals surface area contributed by atoms with Gasteiger partial charge in [-0.3, -0.25) is 0 Å². The largest absolute Gasteiger partial charge is 0.235 e. The molecule has 3 heteroatoms. The Hall–Kier alpha value is -4.85. The lowest BCUT2D eigenvalue weighted by Crippen LogP contribution is -2.59. The van der Waals surface area contributed by atoms with Crippen molar-refractivity contribution in [3.63, 3.8) is 0 Å². The van der Waals surface area contributed by atoms with Crippen LogP contribution >= 0.6 is 0 Å². The summed E-state index contributed by atoms with van der Waals surface area (Å²) < 4.78 is 0. The summed E-state index contributed by atoms with van der Waals surface area (Å²) in [6.07, 6.45) is 0. The molecular formula is C54H60B2Si. The van der Waals surface area contributed by atoms with Gasteiger partial charge in [-0.25, -0.2) is 0 Å². The molecule has 0 saturated heterocycles. The molecular weight excluding hydrogens is 698 g/mol. The van der Waals surface area contributed by atoms with Gasteiger partial charge in [0.2, 0.25) is 13.4 Å². The highest BCUT2D eigenvalue weighted by molar-refractivity contribution is 7.21. The summed E-state index contributed by atoms with van der Waals surface area (Å²) >= 11 is 0. The highest BCUT2D eigenvalue weighted by Gasteiger charge is 2.52. The van der Waals surface area contributed by atoms with Crippen LogP contribution in [0.5, 0.6) is 0 Å². The molecule has 6 aromatic rings. The van der Waals surface area contributed by atoms with Crippen LogP contribution in [0.3, 0.4) is 0 Å².